The SMILES string of the molecule is COc1cc(C(=O)NC2CCCNC2)cc(Cl)c1OCC(C)C.Cl. The Hall–Kier alpha value is -1.17. The molecule has 24 heavy (non-hydrogen) atoms. The minimum atomic E-state index is -0.144. The van der Waals surface area contributed by atoms with Gasteiger partial charge in [-0.15, -0.1) is 12.4 Å². The highest BCUT2D eigenvalue weighted by molar-refractivity contribution is 6.32. The van der Waals surface area contributed by atoms with Crippen molar-refractivity contribution in [2.75, 3.05) is 26.8 Å². The average Bonchev–Trinajstić information content (AvgIpc) is 2.53. The number of carbonyl (C=O) groups is 1. The van der Waals surface area contributed by atoms with E-state index >= 15 is 0 Å². The third-order valence-electron chi connectivity index (χ3n) is 3.68. The predicted octanol–water partition coefficient (Wildman–Crippen LogP) is 3.29. The van der Waals surface area contributed by atoms with Gasteiger partial charge in [0.05, 0.1) is 18.7 Å². The number of halogens is 2. The second-order valence-electron chi connectivity index (χ2n) is 6.21. The van der Waals surface area contributed by atoms with Crippen LogP contribution < -0.4 is 20.1 Å². The van der Waals surface area contributed by atoms with Crippen molar-refractivity contribution in [2.24, 2.45) is 5.92 Å². The first-order valence-corrected chi connectivity index (χ1v) is 8.41. The molecule has 7 heteroatoms. The molecule has 1 aromatic carbocycles. The molecule has 0 aliphatic carbocycles. The lowest BCUT2D eigenvalue weighted by molar-refractivity contribution is 0.0930. The lowest BCUT2D eigenvalue weighted by Crippen LogP contribution is -2.45. The number of carbonyl (C=O) groups excluding carboxylic acids is 1. The second kappa shape index (κ2) is 9.97. The summed E-state index contributed by atoms with van der Waals surface area (Å²) in [5, 5.41) is 6.69. The van der Waals surface area contributed by atoms with Gasteiger partial charge in [-0.1, -0.05) is 25.4 Å². The largest absolute Gasteiger partial charge is 0.493 e. The zero-order valence-corrected chi connectivity index (χ0v) is 15.9. The Labute approximate surface area is 154 Å². The van der Waals surface area contributed by atoms with Crippen LogP contribution in [0.2, 0.25) is 5.02 Å². The number of hydrogen-bond donors (Lipinski definition) is 2. The van der Waals surface area contributed by atoms with Crippen LogP contribution in [0.3, 0.4) is 0 Å². The maximum absolute atomic E-state index is 12.4. The summed E-state index contributed by atoms with van der Waals surface area (Å²) in [5.41, 5.74) is 0.481. The molecule has 0 aromatic heterocycles. The fraction of sp³-hybridized carbons (Fsp3) is 0.588. The zero-order valence-electron chi connectivity index (χ0n) is 14.4. The van der Waals surface area contributed by atoms with E-state index in [1.54, 1.807) is 19.2 Å². The van der Waals surface area contributed by atoms with Gasteiger partial charge in [0.25, 0.3) is 5.91 Å². The van der Waals surface area contributed by atoms with E-state index in [9.17, 15) is 4.79 Å². The van der Waals surface area contributed by atoms with Crippen molar-refractivity contribution in [2.45, 2.75) is 32.7 Å². The molecule has 0 saturated carbocycles. The fourth-order valence-electron chi connectivity index (χ4n) is 2.48. The molecule has 0 bridgehead atoms. The Morgan fingerprint density at radius 3 is 2.79 bits per heavy atom. The predicted molar refractivity (Wildman–Crippen MR) is 98.9 cm³/mol. The van der Waals surface area contributed by atoms with E-state index in [1.165, 1.54) is 0 Å². The molecule has 1 amide bonds. The highest BCUT2D eigenvalue weighted by Gasteiger charge is 2.20. The normalized spacial score (nSPS) is 17.1. The van der Waals surface area contributed by atoms with Crippen LogP contribution in [0.25, 0.3) is 0 Å². The third kappa shape index (κ3) is 5.72. The van der Waals surface area contributed by atoms with Crippen LogP contribution in [0.4, 0.5) is 0 Å². The van der Waals surface area contributed by atoms with Gasteiger partial charge in [0, 0.05) is 18.2 Å². The number of amides is 1. The van der Waals surface area contributed by atoms with Gasteiger partial charge in [0.15, 0.2) is 11.5 Å². The number of piperidine rings is 1. The summed E-state index contributed by atoms with van der Waals surface area (Å²) < 4.78 is 11.0. The van der Waals surface area contributed by atoms with Crippen LogP contribution in [-0.4, -0.2) is 38.8 Å². The summed E-state index contributed by atoms with van der Waals surface area (Å²) in [5.74, 6) is 1.19. The summed E-state index contributed by atoms with van der Waals surface area (Å²) >= 11 is 6.29. The van der Waals surface area contributed by atoms with Crippen LogP contribution in [-0.2, 0) is 0 Å². The van der Waals surface area contributed by atoms with E-state index in [2.05, 4.69) is 24.5 Å². The standard InChI is InChI=1S/C17H25ClN2O3.ClH/c1-11(2)10-23-16-14(18)7-12(8-15(16)22-3)17(21)20-13-5-4-6-19-9-13;/h7-8,11,13,19H,4-6,9-10H2,1-3H3,(H,20,21);1H. The third-order valence-corrected chi connectivity index (χ3v) is 3.97. The monoisotopic (exact) mass is 376 g/mol. The topological polar surface area (TPSA) is 59.6 Å². The maximum atomic E-state index is 12.4. The number of rotatable bonds is 6. The van der Waals surface area contributed by atoms with Crippen molar-refractivity contribution >= 4 is 29.9 Å². The van der Waals surface area contributed by atoms with E-state index in [0.717, 1.165) is 25.9 Å². The lowest BCUT2D eigenvalue weighted by Gasteiger charge is -2.24. The number of ether oxygens (including phenoxy) is 2. The molecule has 1 aromatic rings. The van der Waals surface area contributed by atoms with E-state index in [1.807, 2.05) is 0 Å². The van der Waals surface area contributed by atoms with Gasteiger partial charge in [0.1, 0.15) is 0 Å². The highest BCUT2D eigenvalue weighted by Crippen LogP contribution is 2.36. The lowest BCUT2D eigenvalue weighted by atomic mass is 10.1. The first-order valence-electron chi connectivity index (χ1n) is 8.03. The molecule has 1 fully saturated rings. The maximum Gasteiger partial charge on any atom is 0.251 e. The van der Waals surface area contributed by atoms with Crippen LogP contribution >= 0.6 is 24.0 Å². The molecule has 1 aliphatic heterocycles. The van der Waals surface area contributed by atoms with Crippen LogP contribution in [0.1, 0.15) is 37.0 Å². The Balaban J connectivity index is 0.00000288. The van der Waals surface area contributed by atoms with Crippen molar-refractivity contribution in [3.05, 3.63) is 22.7 Å². The summed E-state index contributed by atoms with van der Waals surface area (Å²) in [6.07, 6.45) is 2.05. The summed E-state index contributed by atoms with van der Waals surface area (Å²) in [6.45, 7) is 6.45. The number of hydrogen-bond acceptors (Lipinski definition) is 4. The molecule has 0 radical (unpaired) electrons. The van der Waals surface area contributed by atoms with Gasteiger partial charge in [-0.25, -0.2) is 0 Å². The van der Waals surface area contributed by atoms with Crippen LogP contribution in [0.5, 0.6) is 11.5 Å². The first kappa shape index (κ1) is 20.9. The number of nitrogens with one attached hydrogen (secondary N) is 2. The van der Waals surface area contributed by atoms with Gasteiger partial charge in [-0.05, 0) is 37.4 Å². The molecular weight excluding hydrogens is 351 g/mol. The first-order chi connectivity index (χ1) is 11.0. The Morgan fingerprint density at radius 2 is 2.21 bits per heavy atom. The van der Waals surface area contributed by atoms with E-state index in [-0.39, 0.29) is 24.4 Å². The summed E-state index contributed by atoms with van der Waals surface area (Å²) in [6, 6.07) is 3.45. The van der Waals surface area contributed by atoms with Crippen molar-refractivity contribution in [3.63, 3.8) is 0 Å². The number of benzene rings is 1. The zero-order chi connectivity index (χ0) is 16.8. The minimum Gasteiger partial charge on any atom is -0.493 e. The van der Waals surface area contributed by atoms with E-state index in [4.69, 9.17) is 21.1 Å². The van der Waals surface area contributed by atoms with Crippen molar-refractivity contribution in [1.82, 2.24) is 10.6 Å². The Kier molecular flexibility index (Phi) is 8.67. The minimum absolute atomic E-state index is 0. The van der Waals surface area contributed by atoms with E-state index < -0.39 is 0 Å². The van der Waals surface area contributed by atoms with Gasteiger partial charge < -0.3 is 20.1 Å². The Bertz CT molecular complexity index is 547. The molecule has 1 saturated heterocycles. The average molecular weight is 377 g/mol. The molecule has 5 nitrogen and oxygen atoms in total. The molecule has 2 rings (SSSR count). The van der Waals surface area contributed by atoms with E-state index in [0.29, 0.717) is 34.6 Å². The smallest absolute Gasteiger partial charge is 0.251 e. The second-order valence-corrected chi connectivity index (χ2v) is 6.62. The van der Waals surface area contributed by atoms with Gasteiger partial charge in [-0.2, -0.15) is 0 Å². The number of methoxy groups -OCH3 is 1. The van der Waals surface area contributed by atoms with Crippen molar-refractivity contribution in [3.8, 4) is 11.5 Å². The molecule has 1 atom stereocenters. The van der Waals surface area contributed by atoms with Crippen molar-refractivity contribution in [1.29, 1.82) is 0 Å². The van der Waals surface area contributed by atoms with Gasteiger partial charge in [0.2, 0.25) is 0 Å². The van der Waals surface area contributed by atoms with Crippen LogP contribution in [0.15, 0.2) is 12.1 Å². The van der Waals surface area contributed by atoms with Gasteiger partial charge in [-0.3, -0.25) is 4.79 Å². The quantitative estimate of drug-likeness (QED) is 0.799. The molecule has 1 unspecified atom stereocenters. The Morgan fingerprint density at radius 1 is 1.46 bits per heavy atom. The summed E-state index contributed by atoms with van der Waals surface area (Å²) in [4.78, 5) is 12.4. The molecule has 1 aliphatic rings. The molecule has 1 heterocycles. The fourth-order valence-corrected chi connectivity index (χ4v) is 2.75. The molecular formula is C17H26Cl2N2O3. The van der Waals surface area contributed by atoms with Gasteiger partial charge >= 0.3 is 0 Å². The highest BCUT2D eigenvalue weighted by atomic mass is 35.5. The van der Waals surface area contributed by atoms with Crippen LogP contribution in [0, 0.1) is 5.92 Å². The molecule has 0 spiro atoms. The summed E-state index contributed by atoms with van der Waals surface area (Å²) in [7, 11) is 1.54. The molecule has 136 valence electrons. The molecule has 2 N–H and O–H groups in total. The van der Waals surface area contributed by atoms with Crippen molar-refractivity contribution < 1.29 is 14.3 Å².